The molecule has 2 aliphatic heterocycles. The van der Waals surface area contributed by atoms with Gasteiger partial charge in [-0.1, -0.05) is 6.07 Å². The quantitative estimate of drug-likeness (QED) is 0.749. The van der Waals surface area contributed by atoms with E-state index < -0.39 is 0 Å². The lowest BCUT2D eigenvalue weighted by atomic mass is 9.89. The van der Waals surface area contributed by atoms with E-state index in [4.69, 9.17) is 10.5 Å². The highest BCUT2D eigenvalue weighted by molar-refractivity contribution is 5.40. The van der Waals surface area contributed by atoms with Gasteiger partial charge >= 0.3 is 0 Å². The highest BCUT2D eigenvalue weighted by atomic mass is 16.5. The van der Waals surface area contributed by atoms with Crippen molar-refractivity contribution in [2.45, 2.75) is 31.2 Å². The van der Waals surface area contributed by atoms with Crippen molar-refractivity contribution in [2.24, 2.45) is 5.73 Å². The number of methoxy groups -OCH3 is 1. The molecule has 1 aromatic carbocycles. The standard InChI is InChI=1S/C13H18N2O2/c1-17-10-3-2-8-6-15-7-9(16)4-12(15)13(14)11(8)5-10/h2-3,5,9,12-13,16H,4,6-7,14H2,1H3. The van der Waals surface area contributed by atoms with Crippen LogP contribution < -0.4 is 10.5 Å². The summed E-state index contributed by atoms with van der Waals surface area (Å²) in [5.41, 5.74) is 8.73. The van der Waals surface area contributed by atoms with Gasteiger partial charge in [0.15, 0.2) is 0 Å². The van der Waals surface area contributed by atoms with Crippen LogP contribution in [0, 0.1) is 0 Å². The summed E-state index contributed by atoms with van der Waals surface area (Å²) in [6.45, 7) is 1.62. The summed E-state index contributed by atoms with van der Waals surface area (Å²) >= 11 is 0. The molecule has 4 nitrogen and oxygen atoms in total. The van der Waals surface area contributed by atoms with Gasteiger partial charge in [0.2, 0.25) is 0 Å². The number of hydrogen-bond acceptors (Lipinski definition) is 4. The molecule has 3 N–H and O–H groups in total. The van der Waals surface area contributed by atoms with Crippen LogP contribution >= 0.6 is 0 Å². The Kier molecular flexibility index (Phi) is 2.58. The summed E-state index contributed by atoms with van der Waals surface area (Å²) in [5.74, 6) is 0.853. The Hall–Kier alpha value is -1.10. The normalized spacial score (nSPS) is 32.1. The molecule has 2 aliphatic rings. The van der Waals surface area contributed by atoms with E-state index in [2.05, 4.69) is 11.0 Å². The topological polar surface area (TPSA) is 58.7 Å². The summed E-state index contributed by atoms with van der Waals surface area (Å²) in [7, 11) is 1.67. The smallest absolute Gasteiger partial charge is 0.119 e. The highest BCUT2D eigenvalue weighted by Gasteiger charge is 2.39. The van der Waals surface area contributed by atoms with E-state index in [1.54, 1.807) is 7.11 Å². The fourth-order valence-corrected chi connectivity index (χ4v) is 3.04. The van der Waals surface area contributed by atoms with Crippen LogP contribution in [0.4, 0.5) is 0 Å². The van der Waals surface area contributed by atoms with Crippen molar-refractivity contribution in [2.75, 3.05) is 13.7 Å². The maximum atomic E-state index is 9.74. The van der Waals surface area contributed by atoms with Gasteiger partial charge in [0, 0.05) is 25.2 Å². The zero-order valence-electron chi connectivity index (χ0n) is 9.97. The number of fused-ring (bicyclic) bond motifs is 2. The molecule has 0 aliphatic carbocycles. The Morgan fingerprint density at radius 3 is 3.06 bits per heavy atom. The predicted molar refractivity (Wildman–Crippen MR) is 64.7 cm³/mol. The molecule has 3 unspecified atom stereocenters. The zero-order valence-corrected chi connectivity index (χ0v) is 9.97. The molecule has 2 heterocycles. The third kappa shape index (κ3) is 1.73. The van der Waals surface area contributed by atoms with E-state index in [0.29, 0.717) is 0 Å². The summed E-state index contributed by atoms with van der Waals surface area (Å²) in [4.78, 5) is 2.28. The Morgan fingerprint density at radius 1 is 1.47 bits per heavy atom. The fourth-order valence-electron chi connectivity index (χ4n) is 3.04. The van der Waals surface area contributed by atoms with Crippen molar-refractivity contribution in [1.82, 2.24) is 4.90 Å². The first kappa shape index (κ1) is 11.0. The molecule has 1 aromatic rings. The van der Waals surface area contributed by atoms with Crippen molar-refractivity contribution in [3.8, 4) is 5.75 Å². The van der Waals surface area contributed by atoms with Crippen molar-refractivity contribution < 1.29 is 9.84 Å². The van der Waals surface area contributed by atoms with Crippen molar-refractivity contribution >= 4 is 0 Å². The molecule has 0 amide bonds. The molecule has 1 fully saturated rings. The van der Waals surface area contributed by atoms with Crippen molar-refractivity contribution in [1.29, 1.82) is 0 Å². The van der Waals surface area contributed by atoms with Gasteiger partial charge in [0.25, 0.3) is 0 Å². The molecule has 0 saturated carbocycles. The van der Waals surface area contributed by atoms with Crippen LogP contribution in [0.2, 0.25) is 0 Å². The number of hydrogen-bond donors (Lipinski definition) is 2. The SMILES string of the molecule is COc1ccc2c(c1)C(N)C1CC(O)CN1C2. The second-order valence-corrected chi connectivity index (χ2v) is 4.98. The number of nitrogens with two attached hydrogens (primary N) is 1. The second-order valence-electron chi connectivity index (χ2n) is 4.98. The monoisotopic (exact) mass is 234 g/mol. The molecule has 17 heavy (non-hydrogen) atoms. The van der Waals surface area contributed by atoms with Crippen molar-refractivity contribution in [3.05, 3.63) is 29.3 Å². The van der Waals surface area contributed by atoms with E-state index in [-0.39, 0.29) is 18.2 Å². The number of benzene rings is 1. The largest absolute Gasteiger partial charge is 0.497 e. The van der Waals surface area contributed by atoms with Gasteiger partial charge in [-0.3, -0.25) is 4.90 Å². The minimum atomic E-state index is -0.234. The minimum Gasteiger partial charge on any atom is -0.497 e. The van der Waals surface area contributed by atoms with Gasteiger partial charge in [-0.25, -0.2) is 0 Å². The summed E-state index contributed by atoms with van der Waals surface area (Å²) in [6, 6.07) is 6.32. The average molecular weight is 234 g/mol. The second kappa shape index (κ2) is 3.98. The Balaban J connectivity index is 1.97. The number of aliphatic hydroxyl groups is 1. The number of rotatable bonds is 1. The number of ether oxygens (including phenoxy) is 1. The molecular weight excluding hydrogens is 216 g/mol. The van der Waals surface area contributed by atoms with E-state index in [1.807, 2.05) is 12.1 Å². The molecule has 0 bridgehead atoms. The molecule has 3 atom stereocenters. The van der Waals surface area contributed by atoms with Gasteiger partial charge in [-0.2, -0.15) is 0 Å². The first-order valence-corrected chi connectivity index (χ1v) is 6.03. The first-order chi connectivity index (χ1) is 8.19. The van der Waals surface area contributed by atoms with Crippen LogP contribution in [0.5, 0.6) is 5.75 Å². The molecule has 92 valence electrons. The minimum absolute atomic E-state index is 0.0222. The fraction of sp³-hybridized carbons (Fsp3) is 0.538. The molecule has 4 heteroatoms. The molecule has 0 aromatic heterocycles. The van der Waals surface area contributed by atoms with Crippen LogP contribution in [0.25, 0.3) is 0 Å². The third-order valence-electron chi connectivity index (χ3n) is 3.93. The Bertz CT molecular complexity index is 435. The van der Waals surface area contributed by atoms with E-state index in [9.17, 15) is 5.11 Å². The summed E-state index contributed by atoms with van der Waals surface area (Å²) in [6.07, 6.45) is 0.542. The third-order valence-corrected chi connectivity index (χ3v) is 3.93. The van der Waals surface area contributed by atoms with Crippen LogP contribution in [0.1, 0.15) is 23.6 Å². The molecule has 0 spiro atoms. The maximum Gasteiger partial charge on any atom is 0.119 e. The van der Waals surface area contributed by atoms with Crippen LogP contribution in [-0.4, -0.2) is 35.8 Å². The van der Waals surface area contributed by atoms with E-state index in [0.717, 1.165) is 25.3 Å². The number of aliphatic hydroxyl groups excluding tert-OH is 1. The molecular formula is C13H18N2O2. The van der Waals surface area contributed by atoms with Gasteiger partial charge < -0.3 is 15.6 Å². The van der Waals surface area contributed by atoms with Crippen LogP contribution in [0.3, 0.4) is 0 Å². The summed E-state index contributed by atoms with van der Waals surface area (Å²) < 4.78 is 5.24. The van der Waals surface area contributed by atoms with Gasteiger partial charge in [-0.15, -0.1) is 0 Å². The molecule has 0 radical (unpaired) electrons. The highest BCUT2D eigenvalue weighted by Crippen LogP contribution is 2.37. The van der Waals surface area contributed by atoms with Gasteiger partial charge in [0.1, 0.15) is 5.75 Å². The van der Waals surface area contributed by atoms with Crippen molar-refractivity contribution in [3.63, 3.8) is 0 Å². The van der Waals surface area contributed by atoms with Crippen LogP contribution in [0.15, 0.2) is 18.2 Å². The molecule has 1 saturated heterocycles. The number of nitrogens with zero attached hydrogens (tertiary/aromatic N) is 1. The zero-order chi connectivity index (χ0) is 12.0. The van der Waals surface area contributed by atoms with Gasteiger partial charge in [-0.05, 0) is 29.7 Å². The Morgan fingerprint density at radius 2 is 2.29 bits per heavy atom. The lowest BCUT2D eigenvalue weighted by Crippen LogP contribution is -2.42. The van der Waals surface area contributed by atoms with Crippen LogP contribution in [-0.2, 0) is 6.54 Å². The predicted octanol–water partition coefficient (Wildman–Crippen LogP) is 0.644. The molecule has 3 rings (SSSR count). The van der Waals surface area contributed by atoms with Gasteiger partial charge in [0.05, 0.1) is 13.2 Å². The maximum absolute atomic E-state index is 9.74. The first-order valence-electron chi connectivity index (χ1n) is 6.03. The average Bonchev–Trinajstić information content (AvgIpc) is 2.70. The Labute approximate surface area is 101 Å². The lowest BCUT2D eigenvalue weighted by molar-refractivity contribution is 0.166. The van der Waals surface area contributed by atoms with E-state index in [1.165, 1.54) is 11.1 Å². The lowest BCUT2D eigenvalue weighted by Gasteiger charge is -2.36. The summed E-state index contributed by atoms with van der Waals surface area (Å²) in [5, 5.41) is 9.74. The van der Waals surface area contributed by atoms with E-state index >= 15 is 0 Å².